The second-order valence-corrected chi connectivity index (χ2v) is 8.97. The maximum atomic E-state index is 14.6. The Bertz CT molecular complexity index is 1040. The molecule has 2 heteroatoms. The monoisotopic (exact) mass is 373 g/mol. The molecule has 0 fully saturated rings. The quantitative estimate of drug-likeness (QED) is 0.616. The van der Waals surface area contributed by atoms with Gasteiger partial charge in [-0.05, 0) is 78.8 Å². The van der Waals surface area contributed by atoms with E-state index in [1.165, 1.54) is 22.3 Å². The van der Waals surface area contributed by atoms with E-state index < -0.39 is 0 Å². The van der Waals surface area contributed by atoms with Crippen molar-refractivity contribution in [3.05, 3.63) is 82.3 Å². The number of hydrogen-bond acceptors (Lipinski definition) is 1. The predicted molar refractivity (Wildman–Crippen MR) is 115 cm³/mol. The molecule has 144 valence electrons. The highest BCUT2D eigenvalue weighted by Crippen LogP contribution is 2.45. The first-order valence-corrected chi connectivity index (χ1v) is 10.5. The van der Waals surface area contributed by atoms with Crippen molar-refractivity contribution >= 4 is 10.8 Å². The van der Waals surface area contributed by atoms with E-state index >= 15 is 0 Å². The van der Waals surface area contributed by atoms with Gasteiger partial charge in [0.2, 0.25) is 0 Å². The SMILES string of the molecule is CC1=CC(C)CC(C2NC=CC3c4ccc5c(F)c(C)ccc5c4CCC23)=C1. The number of benzene rings is 2. The molecule has 2 aromatic carbocycles. The zero-order valence-corrected chi connectivity index (χ0v) is 16.9. The Morgan fingerprint density at radius 2 is 1.89 bits per heavy atom. The van der Waals surface area contributed by atoms with Crippen molar-refractivity contribution in [3.8, 4) is 0 Å². The normalized spacial score (nSPS) is 28.9. The van der Waals surface area contributed by atoms with Gasteiger partial charge in [-0.1, -0.05) is 55.0 Å². The number of aryl methyl sites for hydroxylation is 2. The van der Waals surface area contributed by atoms with Crippen molar-refractivity contribution in [2.24, 2.45) is 11.8 Å². The number of halogens is 1. The molecule has 2 aromatic rings. The fourth-order valence-electron chi connectivity index (χ4n) is 5.75. The molecule has 3 aliphatic rings. The standard InChI is InChI=1S/C26H28FN/c1-15-12-16(2)14-18(13-15)26-24-9-7-19-20(22(24)10-11-28-26)6-8-23-21(19)5-4-17(3)25(23)27/h4-6,8,10-13,16,22,24,26,28H,7,9,14H2,1-3H3. The minimum atomic E-state index is -0.0650. The highest BCUT2D eigenvalue weighted by molar-refractivity contribution is 5.88. The first-order chi connectivity index (χ1) is 13.5. The van der Waals surface area contributed by atoms with Gasteiger partial charge < -0.3 is 5.32 Å². The molecule has 4 unspecified atom stereocenters. The van der Waals surface area contributed by atoms with Gasteiger partial charge >= 0.3 is 0 Å². The maximum absolute atomic E-state index is 14.6. The van der Waals surface area contributed by atoms with Crippen molar-refractivity contribution in [2.45, 2.75) is 52.0 Å². The molecule has 1 N–H and O–H groups in total. The van der Waals surface area contributed by atoms with Crippen LogP contribution in [0, 0.1) is 24.6 Å². The van der Waals surface area contributed by atoms with Gasteiger partial charge in [-0.15, -0.1) is 0 Å². The highest BCUT2D eigenvalue weighted by atomic mass is 19.1. The fraction of sp³-hybridized carbons (Fsp3) is 0.385. The Hall–Kier alpha value is -2.35. The Morgan fingerprint density at radius 3 is 2.71 bits per heavy atom. The first-order valence-electron chi connectivity index (χ1n) is 10.5. The van der Waals surface area contributed by atoms with Gasteiger partial charge in [0.25, 0.3) is 0 Å². The molecule has 0 bridgehead atoms. The van der Waals surface area contributed by atoms with Crippen LogP contribution in [0.15, 0.2) is 59.8 Å². The maximum Gasteiger partial charge on any atom is 0.133 e. The van der Waals surface area contributed by atoms with Crippen LogP contribution in [0.5, 0.6) is 0 Å². The first kappa shape index (κ1) is 17.7. The molecule has 0 radical (unpaired) electrons. The molecule has 0 saturated heterocycles. The summed E-state index contributed by atoms with van der Waals surface area (Å²) >= 11 is 0. The van der Waals surface area contributed by atoms with E-state index in [1.54, 1.807) is 0 Å². The molecule has 1 nitrogen and oxygen atoms in total. The van der Waals surface area contributed by atoms with Gasteiger partial charge in [0.05, 0.1) is 6.04 Å². The Morgan fingerprint density at radius 1 is 1.07 bits per heavy atom. The fourth-order valence-corrected chi connectivity index (χ4v) is 5.75. The number of nitrogens with one attached hydrogen (secondary N) is 1. The molecule has 0 spiro atoms. The van der Waals surface area contributed by atoms with Crippen LogP contribution in [0.1, 0.15) is 49.3 Å². The molecular formula is C26H28FN. The molecule has 0 amide bonds. The Labute approximate surface area is 167 Å². The van der Waals surface area contributed by atoms with Crippen LogP contribution >= 0.6 is 0 Å². The lowest BCUT2D eigenvalue weighted by Gasteiger charge is -2.42. The number of hydrogen-bond donors (Lipinski definition) is 1. The molecule has 0 saturated carbocycles. The molecule has 4 atom stereocenters. The van der Waals surface area contributed by atoms with Crippen LogP contribution in [0.2, 0.25) is 0 Å². The zero-order valence-electron chi connectivity index (χ0n) is 16.9. The summed E-state index contributed by atoms with van der Waals surface area (Å²) in [6.07, 6.45) is 12.6. The van der Waals surface area contributed by atoms with E-state index in [4.69, 9.17) is 0 Å². The summed E-state index contributed by atoms with van der Waals surface area (Å²) in [5.74, 6) is 1.52. The summed E-state index contributed by atoms with van der Waals surface area (Å²) in [4.78, 5) is 0. The van der Waals surface area contributed by atoms with Crippen LogP contribution in [0.3, 0.4) is 0 Å². The molecule has 1 aliphatic heterocycles. The Kier molecular flexibility index (Phi) is 4.19. The van der Waals surface area contributed by atoms with E-state index in [9.17, 15) is 4.39 Å². The number of fused-ring (bicyclic) bond motifs is 5. The summed E-state index contributed by atoms with van der Waals surface area (Å²) in [6, 6.07) is 8.63. The van der Waals surface area contributed by atoms with Gasteiger partial charge in [0.1, 0.15) is 5.82 Å². The molecule has 2 aliphatic carbocycles. The Balaban J connectivity index is 1.57. The van der Waals surface area contributed by atoms with Crippen LogP contribution in [0.4, 0.5) is 4.39 Å². The predicted octanol–water partition coefficient (Wildman–Crippen LogP) is 6.33. The van der Waals surface area contributed by atoms with Crippen LogP contribution in [-0.2, 0) is 6.42 Å². The highest BCUT2D eigenvalue weighted by Gasteiger charge is 2.38. The molecule has 1 heterocycles. The van der Waals surface area contributed by atoms with Crippen LogP contribution in [-0.4, -0.2) is 6.04 Å². The average molecular weight is 374 g/mol. The molecule has 5 rings (SSSR count). The van der Waals surface area contributed by atoms with Crippen molar-refractivity contribution in [3.63, 3.8) is 0 Å². The van der Waals surface area contributed by atoms with Crippen molar-refractivity contribution < 1.29 is 4.39 Å². The summed E-state index contributed by atoms with van der Waals surface area (Å²) in [6.45, 7) is 6.37. The van der Waals surface area contributed by atoms with Gasteiger partial charge in [0.15, 0.2) is 0 Å². The molecule has 28 heavy (non-hydrogen) atoms. The second-order valence-electron chi connectivity index (χ2n) is 8.97. The second kappa shape index (κ2) is 6.62. The third-order valence-electron chi connectivity index (χ3n) is 6.95. The minimum absolute atomic E-state index is 0.0650. The smallest absolute Gasteiger partial charge is 0.133 e. The summed E-state index contributed by atoms with van der Waals surface area (Å²) in [5.41, 5.74) is 6.40. The topological polar surface area (TPSA) is 12.0 Å². The largest absolute Gasteiger partial charge is 0.384 e. The lowest BCUT2D eigenvalue weighted by atomic mass is 9.67. The third-order valence-corrected chi connectivity index (χ3v) is 6.95. The summed E-state index contributed by atoms with van der Waals surface area (Å²) < 4.78 is 14.6. The van der Waals surface area contributed by atoms with Crippen LogP contribution in [0.25, 0.3) is 10.8 Å². The van der Waals surface area contributed by atoms with E-state index in [-0.39, 0.29) is 5.82 Å². The average Bonchev–Trinajstić information content (AvgIpc) is 2.69. The van der Waals surface area contributed by atoms with Crippen molar-refractivity contribution in [1.29, 1.82) is 0 Å². The van der Waals surface area contributed by atoms with E-state index in [0.29, 0.717) is 23.8 Å². The van der Waals surface area contributed by atoms with Gasteiger partial charge in [-0.3, -0.25) is 0 Å². The van der Waals surface area contributed by atoms with Gasteiger partial charge in [0, 0.05) is 11.3 Å². The van der Waals surface area contributed by atoms with Crippen molar-refractivity contribution in [2.75, 3.05) is 0 Å². The van der Waals surface area contributed by atoms with Gasteiger partial charge in [-0.25, -0.2) is 4.39 Å². The van der Waals surface area contributed by atoms with Gasteiger partial charge in [-0.2, -0.15) is 0 Å². The van der Waals surface area contributed by atoms with E-state index in [2.05, 4.69) is 55.7 Å². The number of rotatable bonds is 1. The lowest BCUT2D eigenvalue weighted by molar-refractivity contribution is 0.322. The minimum Gasteiger partial charge on any atom is -0.384 e. The van der Waals surface area contributed by atoms with Crippen LogP contribution < -0.4 is 5.32 Å². The zero-order chi connectivity index (χ0) is 19.4. The van der Waals surface area contributed by atoms with E-state index in [1.807, 2.05) is 19.1 Å². The van der Waals surface area contributed by atoms with Crippen molar-refractivity contribution in [1.82, 2.24) is 5.32 Å². The summed E-state index contributed by atoms with van der Waals surface area (Å²) in [5, 5.41) is 5.56. The molecular weight excluding hydrogens is 345 g/mol. The third kappa shape index (κ3) is 2.73. The lowest BCUT2D eigenvalue weighted by Crippen LogP contribution is -2.43. The molecule has 0 aromatic heterocycles. The van der Waals surface area contributed by atoms with E-state index in [0.717, 1.165) is 35.6 Å². The summed E-state index contributed by atoms with van der Waals surface area (Å²) in [7, 11) is 0. The number of allylic oxidation sites excluding steroid dienone is 4.